The van der Waals surface area contributed by atoms with Crippen LogP contribution in [0.25, 0.3) is 32.9 Å². The zero-order valence-electron chi connectivity index (χ0n) is 29.9. The predicted octanol–water partition coefficient (Wildman–Crippen LogP) is 5.33. The Labute approximate surface area is 312 Å². The number of anilines is 1. The SMILES string of the molecule is C=C1CCC(N2C(=O)c3cccc(NCCOCCOCCOCCOCCOc4ccc(-c5ccc6c(c5)[nH]c5ccncc56)cc4)c3C2=O)C(=O)N1. The van der Waals surface area contributed by atoms with Crippen LogP contribution >= 0.6 is 0 Å². The molecule has 2 aliphatic heterocycles. The molecule has 5 aromatic rings. The summed E-state index contributed by atoms with van der Waals surface area (Å²) >= 11 is 0. The molecule has 0 saturated carbocycles. The van der Waals surface area contributed by atoms with Crippen molar-refractivity contribution in [3.63, 3.8) is 0 Å². The number of fused-ring (bicyclic) bond motifs is 4. The molecule has 0 bridgehead atoms. The fraction of sp³-hybridized carbons (Fsp3) is 0.317. The van der Waals surface area contributed by atoms with E-state index in [0.29, 0.717) is 90.2 Å². The number of carbonyl (C=O) groups excluding carboxylic acids is 3. The molecule has 13 nitrogen and oxygen atoms in total. The number of imide groups is 1. The minimum atomic E-state index is -0.849. The summed E-state index contributed by atoms with van der Waals surface area (Å²) in [5, 5.41) is 8.11. The van der Waals surface area contributed by atoms with Crippen LogP contribution in [-0.2, 0) is 23.7 Å². The Morgan fingerprint density at radius 2 is 1.46 bits per heavy atom. The van der Waals surface area contributed by atoms with E-state index in [4.69, 9.17) is 23.7 Å². The average Bonchev–Trinajstić information content (AvgIpc) is 3.68. The number of H-pyrrole nitrogens is 1. The van der Waals surface area contributed by atoms with Gasteiger partial charge in [-0.2, -0.15) is 0 Å². The van der Waals surface area contributed by atoms with E-state index in [1.54, 1.807) is 24.4 Å². The van der Waals surface area contributed by atoms with Gasteiger partial charge in [0.15, 0.2) is 0 Å². The van der Waals surface area contributed by atoms with Gasteiger partial charge in [0.1, 0.15) is 18.4 Å². The van der Waals surface area contributed by atoms with Crippen LogP contribution in [0, 0.1) is 0 Å². The number of rotatable bonds is 19. The van der Waals surface area contributed by atoms with Crippen molar-refractivity contribution in [1.82, 2.24) is 20.2 Å². The Morgan fingerprint density at radius 3 is 2.20 bits per heavy atom. The quantitative estimate of drug-likeness (QED) is 0.0750. The number of allylic oxidation sites excluding steroid dienone is 1. The summed E-state index contributed by atoms with van der Waals surface area (Å²) in [6.07, 6.45) is 4.55. The number of aromatic nitrogens is 2. The molecule has 3 amide bonds. The summed E-state index contributed by atoms with van der Waals surface area (Å²) in [7, 11) is 0. The molecule has 2 aromatic heterocycles. The maximum atomic E-state index is 13.2. The normalized spacial score (nSPS) is 15.6. The molecule has 2 aliphatic rings. The second kappa shape index (κ2) is 17.5. The molecule has 0 spiro atoms. The van der Waals surface area contributed by atoms with Crippen LogP contribution in [0.3, 0.4) is 0 Å². The summed E-state index contributed by atoms with van der Waals surface area (Å²) in [4.78, 5) is 47.5. The van der Waals surface area contributed by atoms with Gasteiger partial charge >= 0.3 is 0 Å². The number of pyridine rings is 1. The lowest BCUT2D eigenvalue weighted by molar-refractivity contribution is -0.125. The molecule has 13 heteroatoms. The third-order valence-corrected chi connectivity index (χ3v) is 9.34. The molecule has 1 saturated heterocycles. The number of nitrogens with one attached hydrogen (secondary N) is 3. The van der Waals surface area contributed by atoms with E-state index in [1.807, 2.05) is 24.4 Å². The molecular weight excluding hydrogens is 690 g/mol. The number of benzene rings is 3. The van der Waals surface area contributed by atoms with Gasteiger partial charge in [-0.15, -0.1) is 0 Å². The molecule has 3 N–H and O–H groups in total. The van der Waals surface area contributed by atoms with E-state index in [9.17, 15) is 14.4 Å². The van der Waals surface area contributed by atoms with Crippen molar-refractivity contribution in [3.05, 3.63) is 103 Å². The smallest absolute Gasteiger partial charge is 0.264 e. The molecule has 0 aliphatic carbocycles. The predicted molar refractivity (Wildman–Crippen MR) is 204 cm³/mol. The lowest BCUT2D eigenvalue weighted by Crippen LogP contribution is -2.51. The summed E-state index contributed by atoms with van der Waals surface area (Å²) in [6, 6.07) is 20.7. The first-order chi connectivity index (χ1) is 26.5. The average molecular weight is 734 g/mol. The van der Waals surface area contributed by atoms with E-state index in [2.05, 4.69) is 57.5 Å². The number of nitrogens with zero attached hydrogens (tertiary/aromatic N) is 2. The Morgan fingerprint density at radius 1 is 0.759 bits per heavy atom. The van der Waals surface area contributed by atoms with Crippen LogP contribution in [0.2, 0.25) is 0 Å². The lowest BCUT2D eigenvalue weighted by Gasteiger charge is -2.29. The van der Waals surface area contributed by atoms with Gasteiger partial charge in [-0.3, -0.25) is 24.3 Å². The van der Waals surface area contributed by atoms with Crippen LogP contribution < -0.4 is 15.4 Å². The molecule has 3 aromatic carbocycles. The molecule has 54 heavy (non-hydrogen) atoms. The van der Waals surface area contributed by atoms with Gasteiger partial charge in [0, 0.05) is 52.1 Å². The first-order valence-corrected chi connectivity index (χ1v) is 18.1. The highest BCUT2D eigenvalue weighted by atomic mass is 16.6. The highest BCUT2D eigenvalue weighted by molar-refractivity contribution is 6.25. The Balaban J connectivity index is 0.699. The molecule has 7 rings (SSSR count). The van der Waals surface area contributed by atoms with Crippen molar-refractivity contribution < 1.29 is 38.1 Å². The summed E-state index contributed by atoms with van der Waals surface area (Å²) in [6.45, 7) is 8.04. The molecule has 0 radical (unpaired) electrons. The topological polar surface area (TPSA) is 153 Å². The first-order valence-electron chi connectivity index (χ1n) is 18.1. The number of aromatic amines is 1. The van der Waals surface area contributed by atoms with E-state index >= 15 is 0 Å². The lowest BCUT2D eigenvalue weighted by atomic mass is 10.0. The molecule has 1 atom stereocenters. The van der Waals surface area contributed by atoms with E-state index in [1.165, 1.54) is 0 Å². The number of piperidine rings is 1. The maximum Gasteiger partial charge on any atom is 0.264 e. The van der Waals surface area contributed by atoms with Crippen molar-refractivity contribution in [3.8, 4) is 16.9 Å². The number of hydrogen-bond donors (Lipinski definition) is 3. The summed E-state index contributed by atoms with van der Waals surface area (Å²) in [5.74, 6) is -0.544. The van der Waals surface area contributed by atoms with Gasteiger partial charge in [0.2, 0.25) is 5.91 Å². The van der Waals surface area contributed by atoms with Gasteiger partial charge in [0.25, 0.3) is 11.8 Å². The standard InChI is InChI=1S/C41H43N5O8/c1-27-5-12-37(39(47)44-27)46-40(48)32-3-2-4-35(38(32)41(46)49)43-15-16-50-17-18-51-19-20-52-21-22-53-23-24-54-30-9-6-28(7-10-30)29-8-11-31-33-26-42-14-13-34(33)45-36(31)25-29/h2-4,6-11,13-14,25-26,37,43,45H,1,5,12,15-24H2,(H,44,47). The van der Waals surface area contributed by atoms with Gasteiger partial charge in [-0.05, 0) is 60.4 Å². The minimum absolute atomic E-state index is 0.276. The molecule has 4 heterocycles. The van der Waals surface area contributed by atoms with Crippen LogP contribution in [0.15, 0.2) is 91.4 Å². The van der Waals surface area contributed by atoms with Gasteiger partial charge < -0.3 is 39.3 Å². The van der Waals surface area contributed by atoms with E-state index in [-0.39, 0.29) is 11.1 Å². The third-order valence-electron chi connectivity index (χ3n) is 9.34. The second-order valence-corrected chi connectivity index (χ2v) is 12.9. The molecule has 1 fully saturated rings. The van der Waals surface area contributed by atoms with Crippen LogP contribution in [0.5, 0.6) is 5.75 Å². The monoisotopic (exact) mass is 733 g/mol. The first kappa shape index (κ1) is 36.7. The summed E-state index contributed by atoms with van der Waals surface area (Å²) < 4.78 is 28.2. The van der Waals surface area contributed by atoms with Crippen molar-refractivity contribution >= 4 is 45.2 Å². The van der Waals surface area contributed by atoms with Crippen molar-refractivity contribution in [1.29, 1.82) is 0 Å². The zero-order valence-corrected chi connectivity index (χ0v) is 29.9. The van der Waals surface area contributed by atoms with E-state index < -0.39 is 23.8 Å². The maximum absolute atomic E-state index is 13.2. The fourth-order valence-electron chi connectivity index (χ4n) is 6.65. The number of hydrogen-bond acceptors (Lipinski definition) is 10. The van der Waals surface area contributed by atoms with Crippen molar-refractivity contribution in [2.45, 2.75) is 18.9 Å². The van der Waals surface area contributed by atoms with Gasteiger partial charge in [-0.25, -0.2) is 0 Å². The van der Waals surface area contributed by atoms with Crippen LogP contribution in [0.1, 0.15) is 33.6 Å². The Bertz CT molecular complexity index is 2130. The number of amides is 3. The van der Waals surface area contributed by atoms with Crippen LogP contribution in [-0.4, -0.2) is 105 Å². The number of ether oxygens (including phenoxy) is 5. The second-order valence-electron chi connectivity index (χ2n) is 12.9. The Hall–Kier alpha value is -5.60. The highest BCUT2D eigenvalue weighted by Gasteiger charge is 2.45. The van der Waals surface area contributed by atoms with Crippen LogP contribution in [0.4, 0.5) is 5.69 Å². The Kier molecular flexibility index (Phi) is 11.9. The largest absolute Gasteiger partial charge is 0.491 e. The van der Waals surface area contributed by atoms with Crippen molar-refractivity contribution in [2.75, 3.05) is 71.3 Å². The molecule has 1 unspecified atom stereocenters. The molecule has 280 valence electrons. The summed E-state index contributed by atoms with van der Waals surface area (Å²) in [5.41, 5.74) is 6.08. The molecular formula is C41H43N5O8. The minimum Gasteiger partial charge on any atom is -0.491 e. The fourth-order valence-corrected chi connectivity index (χ4v) is 6.65. The zero-order chi connectivity index (χ0) is 37.3. The van der Waals surface area contributed by atoms with Gasteiger partial charge in [0.05, 0.1) is 64.0 Å². The van der Waals surface area contributed by atoms with E-state index in [0.717, 1.165) is 43.6 Å². The number of carbonyl (C=O) groups is 3. The third kappa shape index (κ3) is 8.45. The van der Waals surface area contributed by atoms with Gasteiger partial charge in [-0.1, -0.05) is 36.9 Å². The highest BCUT2D eigenvalue weighted by Crippen LogP contribution is 2.33. The van der Waals surface area contributed by atoms with Crippen molar-refractivity contribution in [2.24, 2.45) is 0 Å².